The number of nitrogens with two attached hydrogens (primary N) is 1. The smallest absolute Gasteiger partial charge is 0.144 e. The normalized spacial score (nSPS) is 16.9. The van der Waals surface area contributed by atoms with Crippen LogP contribution in [0.4, 0.5) is 17.2 Å². The summed E-state index contributed by atoms with van der Waals surface area (Å²) in [5.74, 6) is 1.28. The Bertz CT molecular complexity index is 913. The Morgan fingerprint density at radius 3 is 2.96 bits per heavy atom. The number of halogens is 1. The Morgan fingerprint density at radius 1 is 1.24 bits per heavy atom. The first-order chi connectivity index (χ1) is 12.2. The van der Waals surface area contributed by atoms with Crippen molar-refractivity contribution in [3.05, 3.63) is 47.7 Å². The number of rotatable bonds is 4. The zero-order valence-electron chi connectivity index (χ0n) is 13.4. The summed E-state index contributed by atoms with van der Waals surface area (Å²) < 4.78 is 11.3. The average Bonchev–Trinajstić information content (AvgIpc) is 3.09. The molecule has 1 aromatic heterocycles. The van der Waals surface area contributed by atoms with Crippen LogP contribution in [0.2, 0.25) is 5.02 Å². The van der Waals surface area contributed by atoms with E-state index in [1.54, 1.807) is 0 Å². The molecule has 3 aromatic rings. The Morgan fingerprint density at radius 2 is 2.16 bits per heavy atom. The molecule has 1 aliphatic rings. The van der Waals surface area contributed by atoms with Crippen molar-refractivity contribution in [2.24, 2.45) is 0 Å². The Balaban J connectivity index is 1.68. The highest BCUT2D eigenvalue weighted by atomic mass is 35.5. The Kier molecular flexibility index (Phi) is 4.29. The van der Waals surface area contributed by atoms with E-state index in [0.717, 1.165) is 23.0 Å². The number of fused-ring (bicyclic) bond motifs is 1. The summed E-state index contributed by atoms with van der Waals surface area (Å²) in [6, 6.07) is 11.1. The molecule has 1 saturated heterocycles. The van der Waals surface area contributed by atoms with Gasteiger partial charge in [0.1, 0.15) is 24.0 Å². The van der Waals surface area contributed by atoms with Gasteiger partial charge >= 0.3 is 0 Å². The molecule has 0 aliphatic carbocycles. The van der Waals surface area contributed by atoms with Crippen LogP contribution in [-0.2, 0) is 4.74 Å². The highest BCUT2D eigenvalue weighted by Crippen LogP contribution is 2.32. The lowest BCUT2D eigenvalue weighted by Crippen LogP contribution is -2.16. The predicted molar refractivity (Wildman–Crippen MR) is 98.5 cm³/mol. The second-order valence-corrected chi connectivity index (χ2v) is 6.30. The van der Waals surface area contributed by atoms with E-state index in [-0.39, 0.29) is 6.10 Å². The van der Waals surface area contributed by atoms with Crippen molar-refractivity contribution in [1.29, 1.82) is 0 Å². The summed E-state index contributed by atoms with van der Waals surface area (Å²) in [6.45, 7) is 1.30. The second-order valence-electron chi connectivity index (χ2n) is 5.87. The maximum absolute atomic E-state index is 6.18. The summed E-state index contributed by atoms with van der Waals surface area (Å²) in [5, 5.41) is 4.72. The first-order valence-electron chi connectivity index (χ1n) is 8.00. The molecule has 0 radical (unpaired) electrons. The van der Waals surface area contributed by atoms with E-state index in [4.69, 9.17) is 26.8 Å². The molecule has 25 heavy (non-hydrogen) atoms. The van der Waals surface area contributed by atoms with Crippen LogP contribution in [0.15, 0.2) is 42.7 Å². The van der Waals surface area contributed by atoms with Gasteiger partial charge in [-0.05, 0) is 24.3 Å². The summed E-state index contributed by atoms with van der Waals surface area (Å²) in [5.41, 5.74) is 8.32. The van der Waals surface area contributed by atoms with Gasteiger partial charge in [0.15, 0.2) is 0 Å². The molecule has 0 amide bonds. The lowest BCUT2D eigenvalue weighted by molar-refractivity contribution is 0.142. The lowest BCUT2D eigenvalue weighted by atomic mass is 10.2. The highest BCUT2D eigenvalue weighted by molar-refractivity contribution is 6.30. The van der Waals surface area contributed by atoms with Crippen molar-refractivity contribution >= 4 is 39.7 Å². The monoisotopic (exact) mass is 356 g/mol. The number of ether oxygens (including phenoxy) is 2. The van der Waals surface area contributed by atoms with Gasteiger partial charge < -0.3 is 20.5 Å². The Labute approximate surface area is 149 Å². The molecular formula is C18H17ClN4O2. The third kappa shape index (κ3) is 3.45. The van der Waals surface area contributed by atoms with Crippen LogP contribution < -0.4 is 15.8 Å². The van der Waals surface area contributed by atoms with Crippen LogP contribution >= 0.6 is 11.6 Å². The maximum atomic E-state index is 6.18. The minimum Gasteiger partial charge on any atom is -0.486 e. The fourth-order valence-corrected chi connectivity index (χ4v) is 2.98. The van der Waals surface area contributed by atoms with Gasteiger partial charge in [0.25, 0.3) is 0 Å². The van der Waals surface area contributed by atoms with E-state index in [2.05, 4.69) is 15.3 Å². The van der Waals surface area contributed by atoms with Gasteiger partial charge in [-0.1, -0.05) is 17.7 Å². The van der Waals surface area contributed by atoms with Crippen LogP contribution in [0.25, 0.3) is 10.9 Å². The van der Waals surface area contributed by atoms with E-state index in [9.17, 15) is 0 Å². The Hall–Kier alpha value is -2.57. The molecule has 0 bridgehead atoms. The van der Waals surface area contributed by atoms with Gasteiger partial charge in [0.05, 0.1) is 24.4 Å². The molecule has 2 heterocycles. The van der Waals surface area contributed by atoms with Gasteiger partial charge in [-0.3, -0.25) is 0 Å². The van der Waals surface area contributed by atoms with E-state index in [1.165, 1.54) is 6.33 Å². The maximum Gasteiger partial charge on any atom is 0.144 e. The predicted octanol–water partition coefficient (Wildman–Crippen LogP) is 3.78. The molecule has 4 rings (SSSR count). The molecule has 7 heteroatoms. The zero-order chi connectivity index (χ0) is 17.2. The summed E-state index contributed by atoms with van der Waals surface area (Å²) in [7, 11) is 0. The van der Waals surface area contributed by atoms with Crippen molar-refractivity contribution in [3.63, 3.8) is 0 Å². The third-order valence-corrected chi connectivity index (χ3v) is 4.27. The molecule has 6 nitrogen and oxygen atoms in total. The number of nitrogen functional groups attached to an aromatic ring is 1. The van der Waals surface area contributed by atoms with Crippen LogP contribution in [-0.4, -0.2) is 29.3 Å². The molecule has 0 unspecified atom stereocenters. The van der Waals surface area contributed by atoms with Crippen molar-refractivity contribution < 1.29 is 9.47 Å². The summed E-state index contributed by atoms with van der Waals surface area (Å²) >= 11 is 6.04. The number of benzene rings is 2. The fraction of sp³-hybridized carbons (Fsp3) is 0.222. The van der Waals surface area contributed by atoms with Crippen molar-refractivity contribution in [2.45, 2.75) is 12.5 Å². The number of nitrogens with one attached hydrogen (secondary N) is 1. The third-order valence-electron chi connectivity index (χ3n) is 4.04. The molecule has 0 spiro atoms. The quantitative estimate of drug-likeness (QED) is 0.692. The second kappa shape index (κ2) is 6.74. The van der Waals surface area contributed by atoms with E-state index in [1.807, 2.05) is 36.4 Å². The minimum absolute atomic E-state index is 0.0330. The van der Waals surface area contributed by atoms with Gasteiger partial charge in [-0.25, -0.2) is 9.97 Å². The van der Waals surface area contributed by atoms with Crippen molar-refractivity contribution in [2.75, 3.05) is 24.3 Å². The van der Waals surface area contributed by atoms with Crippen molar-refractivity contribution in [1.82, 2.24) is 9.97 Å². The van der Waals surface area contributed by atoms with Gasteiger partial charge in [-0.2, -0.15) is 0 Å². The van der Waals surface area contributed by atoms with Crippen LogP contribution in [0, 0.1) is 0 Å². The molecule has 3 N–H and O–H groups in total. The first-order valence-corrected chi connectivity index (χ1v) is 8.38. The number of nitrogens with zero attached hydrogens (tertiary/aromatic N) is 2. The average molecular weight is 357 g/mol. The minimum atomic E-state index is 0.0330. The summed E-state index contributed by atoms with van der Waals surface area (Å²) in [4.78, 5) is 8.66. The number of anilines is 3. The summed E-state index contributed by atoms with van der Waals surface area (Å²) in [6.07, 6.45) is 2.40. The van der Waals surface area contributed by atoms with Crippen LogP contribution in [0.5, 0.6) is 5.75 Å². The largest absolute Gasteiger partial charge is 0.486 e. The van der Waals surface area contributed by atoms with E-state index < -0.39 is 0 Å². The number of hydrogen-bond acceptors (Lipinski definition) is 6. The SMILES string of the molecule is Nc1cc2c(Nc3cccc(Cl)c3)ncnc2cc1O[C@H]1CCOC1. The molecule has 1 fully saturated rings. The first kappa shape index (κ1) is 15.9. The van der Waals surface area contributed by atoms with Crippen LogP contribution in [0.3, 0.4) is 0 Å². The topological polar surface area (TPSA) is 82.3 Å². The van der Waals surface area contributed by atoms with E-state index in [0.29, 0.717) is 35.5 Å². The van der Waals surface area contributed by atoms with E-state index >= 15 is 0 Å². The molecule has 1 aliphatic heterocycles. The molecule has 128 valence electrons. The van der Waals surface area contributed by atoms with Gasteiger partial charge in [-0.15, -0.1) is 0 Å². The van der Waals surface area contributed by atoms with Gasteiger partial charge in [0, 0.05) is 28.6 Å². The fourth-order valence-electron chi connectivity index (χ4n) is 2.79. The number of aromatic nitrogens is 2. The molecule has 2 aromatic carbocycles. The molecular weight excluding hydrogens is 340 g/mol. The van der Waals surface area contributed by atoms with Crippen molar-refractivity contribution in [3.8, 4) is 5.75 Å². The molecule has 0 saturated carbocycles. The zero-order valence-corrected chi connectivity index (χ0v) is 14.2. The van der Waals surface area contributed by atoms with Gasteiger partial charge in [0.2, 0.25) is 0 Å². The highest BCUT2D eigenvalue weighted by Gasteiger charge is 2.19. The standard InChI is InChI=1S/C18H17ClN4O2/c19-11-2-1-3-12(6-11)23-18-14-7-15(20)17(8-16(14)21-10-22-18)25-13-4-5-24-9-13/h1-3,6-8,10,13H,4-5,9,20H2,(H,21,22,23)/t13-/m0/s1. The lowest BCUT2D eigenvalue weighted by Gasteiger charge is -2.15. The molecule has 1 atom stereocenters. The number of hydrogen-bond donors (Lipinski definition) is 2. The van der Waals surface area contributed by atoms with Crippen LogP contribution in [0.1, 0.15) is 6.42 Å².